The van der Waals surface area contributed by atoms with E-state index in [-0.39, 0.29) is 0 Å². The van der Waals surface area contributed by atoms with Gasteiger partial charge in [-0.05, 0) is 30.4 Å². The monoisotopic (exact) mass is 342 g/mol. The van der Waals surface area contributed by atoms with Crippen molar-refractivity contribution < 1.29 is 0 Å². The van der Waals surface area contributed by atoms with E-state index in [2.05, 4.69) is 65.9 Å². The van der Waals surface area contributed by atoms with Crippen molar-refractivity contribution in [3.05, 3.63) is 41.5 Å². The molecule has 0 amide bonds. The second kappa shape index (κ2) is 9.69. The second-order valence-electron chi connectivity index (χ2n) is 4.44. The molecule has 0 unspecified atom stereocenters. The molecule has 0 bridgehead atoms. The molecule has 0 saturated heterocycles. The Morgan fingerprint density at radius 3 is 2.82 bits per heavy atom. The van der Waals surface area contributed by atoms with Crippen LogP contribution in [0.2, 0.25) is 0 Å². The first-order valence-corrected chi connectivity index (χ1v) is 8.21. The van der Waals surface area contributed by atoms with Crippen LogP contribution in [0, 0.1) is 0 Å². The van der Waals surface area contributed by atoms with Crippen molar-refractivity contribution in [2.24, 2.45) is 0 Å². The summed E-state index contributed by atoms with van der Waals surface area (Å²) in [5, 5.41) is 0. The number of hydrogen-bond donors (Lipinski definition) is 0. The van der Waals surface area contributed by atoms with E-state index in [0.717, 1.165) is 0 Å². The van der Waals surface area contributed by atoms with Gasteiger partial charge in [-0.3, -0.25) is 0 Å². The van der Waals surface area contributed by atoms with Gasteiger partial charge in [0.2, 0.25) is 0 Å². The molecule has 0 aliphatic carbocycles. The van der Waals surface area contributed by atoms with Gasteiger partial charge in [-0.1, -0.05) is 85.2 Å². The highest BCUT2D eigenvalue weighted by Gasteiger charge is 1.92. The lowest BCUT2D eigenvalue weighted by molar-refractivity contribution is 0.675. The first kappa shape index (κ1) is 14.7. The molecule has 0 nitrogen and oxygen atoms in total. The summed E-state index contributed by atoms with van der Waals surface area (Å²) in [6, 6.07) is 8.88. The second-order valence-corrected chi connectivity index (χ2v) is 5.51. The predicted octanol–water partition coefficient (Wildman–Crippen LogP) is 5.65. The molecule has 0 heterocycles. The van der Waals surface area contributed by atoms with Crippen LogP contribution in [-0.2, 0) is 6.42 Å². The van der Waals surface area contributed by atoms with Crippen LogP contribution in [0.3, 0.4) is 0 Å². The maximum atomic E-state index is 2.43. The standard InChI is InChI=1S/C16H23I/c1-2-3-4-5-6-7-9-15-10-8-11-16(14-15)12-13-17/h7-11,14H,2-6,12-13H2,1H3/b9-7+. The molecule has 1 rings (SSSR count). The fraction of sp³-hybridized carbons (Fsp3) is 0.500. The normalized spacial score (nSPS) is 11.2. The largest absolute Gasteiger partial charge is 0.0860 e. The molecule has 0 saturated carbocycles. The zero-order valence-electron chi connectivity index (χ0n) is 10.8. The van der Waals surface area contributed by atoms with E-state index in [0.29, 0.717) is 0 Å². The topological polar surface area (TPSA) is 0 Å². The summed E-state index contributed by atoms with van der Waals surface area (Å²) in [5.74, 6) is 0. The van der Waals surface area contributed by atoms with Crippen LogP contribution in [0.4, 0.5) is 0 Å². The molecule has 0 atom stereocenters. The lowest BCUT2D eigenvalue weighted by Gasteiger charge is -2.00. The van der Waals surface area contributed by atoms with Crippen molar-refractivity contribution in [3.8, 4) is 0 Å². The predicted molar refractivity (Wildman–Crippen MR) is 86.8 cm³/mol. The number of unbranched alkanes of at least 4 members (excludes halogenated alkanes) is 4. The van der Waals surface area contributed by atoms with Gasteiger partial charge < -0.3 is 0 Å². The van der Waals surface area contributed by atoms with Crippen LogP contribution in [0.15, 0.2) is 30.3 Å². The fourth-order valence-corrected chi connectivity index (χ4v) is 2.49. The lowest BCUT2D eigenvalue weighted by atomic mass is 10.1. The summed E-state index contributed by atoms with van der Waals surface area (Å²) in [7, 11) is 0. The zero-order valence-corrected chi connectivity index (χ0v) is 12.9. The third-order valence-corrected chi connectivity index (χ3v) is 3.41. The van der Waals surface area contributed by atoms with Crippen LogP contribution in [0.5, 0.6) is 0 Å². The van der Waals surface area contributed by atoms with Crippen LogP contribution in [-0.4, -0.2) is 4.43 Å². The van der Waals surface area contributed by atoms with Gasteiger partial charge in [-0.25, -0.2) is 0 Å². The van der Waals surface area contributed by atoms with Gasteiger partial charge in [0.25, 0.3) is 0 Å². The molecular formula is C16H23I. The molecular weight excluding hydrogens is 319 g/mol. The third-order valence-electron chi connectivity index (χ3n) is 2.87. The molecule has 0 spiro atoms. The van der Waals surface area contributed by atoms with Gasteiger partial charge in [0.1, 0.15) is 0 Å². The van der Waals surface area contributed by atoms with E-state index in [1.54, 1.807) is 0 Å². The van der Waals surface area contributed by atoms with Gasteiger partial charge in [-0.15, -0.1) is 0 Å². The number of hydrogen-bond acceptors (Lipinski definition) is 0. The highest BCUT2D eigenvalue weighted by atomic mass is 127. The van der Waals surface area contributed by atoms with E-state index in [1.165, 1.54) is 54.1 Å². The van der Waals surface area contributed by atoms with Crippen LogP contribution < -0.4 is 0 Å². The molecule has 17 heavy (non-hydrogen) atoms. The first-order valence-electron chi connectivity index (χ1n) is 6.68. The first-order chi connectivity index (χ1) is 8.36. The van der Waals surface area contributed by atoms with Crippen molar-refractivity contribution in [1.29, 1.82) is 0 Å². The van der Waals surface area contributed by atoms with Crippen molar-refractivity contribution in [3.63, 3.8) is 0 Å². The maximum Gasteiger partial charge on any atom is 0.00358 e. The number of alkyl halides is 1. The van der Waals surface area contributed by atoms with E-state index in [4.69, 9.17) is 0 Å². The highest BCUT2D eigenvalue weighted by Crippen LogP contribution is 2.10. The summed E-state index contributed by atoms with van der Waals surface area (Å²) < 4.78 is 1.20. The molecule has 0 fully saturated rings. The fourth-order valence-electron chi connectivity index (χ4n) is 1.87. The van der Waals surface area contributed by atoms with Gasteiger partial charge in [-0.2, -0.15) is 0 Å². The number of allylic oxidation sites excluding steroid dienone is 1. The number of benzene rings is 1. The minimum atomic E-state index is 1.18. The Bertz CT molecular complexity index is 328. The molecule has 1 aromatic rings. The minimum absolute atomic E-state index is 1.18. The van der Waals surface area contributed by atoms with Crippen molar-refractivity contribution in [1.82, 2.24) is 0 Å². The summed E-state index contributed by atoms with van der Waals surface area (Å²) >= 11 is 2.43. The van der Waals surface area contributed by atoms with Crippen molar-refractivity contribution in [2.75, 3.05) is 4.43 Å². The summed E-state index contributed by atoms with van der Waals surface area (Å²) in [6.07, 6.45) is 12.4. The maximum absolute atomic E-state index is 2.43. The molecule has 0 aliphatic rings. The van der Waals surface area contributed by atoms with E-state index in [9.17, 15) is 0 Å². The third kappa shape index (κ3) is 6.87. The van der Waals surface area contributed by atoms with Crippen LogP contribution >= 0.6 is 22.6 Å². The van der Waals surface area contributed by atoms with E-state index < -0.39 is 0 Å². The molecule has 0 aliphatic heterocycles. The van der Waals surface area contributed by atoms with Gasteiger partial charge in [0, 0.05) is 4.43 Å². The number of rotatable bonds is 8. The Morgan fingerprint density at radius 2 is 2.06 bits per heavy atom. The molecule has 1 heteroatoms. The summed E-state index contributed by atoms with van der Waals surface area (Å²) in [5.41, 5.74) is 2.80. The average Bonchev–Trinajstić information content (AvgIpc) is 2.35. The summed E-state index contributed by atoms with van der Waals surface area (Å²) in [6.45, 7) is 2.26. The Balaban J connectivity index is 2.34. The molecule has 0 aromatic heterocycles. The Morgan fingerprint density at radius 1 is 1.18 bits per heavy atom. The van der Waals surface area contributed by atoms with Gasteiger partial charge in [0.15, 0.2) is 0 Å². The van der Waals surface area contributed by atoms with Gasteiger partial charge in [0.05, 0.1) is 0 Å². The van der Waals surface area contributed by atoms with E-state index in [1.807, 2.05) is 0 Å². The molecule has 1 aromatic carbocycles. The SMILES string of the molecule is CCCCCC/C=C/c1cccc(CCI)c1. The minimum Gasteiger partial charge on any atom is -0.0860 e. The average molecular weight is 342 g/mol. The van der Waals surface area contributed by atoms with Crippen molar-refractivity contribution in [2.45, 2.75) is 45.4 Å². The Labute approximate surface area is 120 Å². The number of halogens is 1. The molecule has 0 radical (unpaired) electrons. The van der Waals surface area contributed by atoms with Gasteiger partial charge >= 0.3 is 0 Å². The Hall–Kier alpha value is -0.310. The number of aryl methyl sites for hydroxylation is 1. The molecule has 94 valence electrons. The zero-order chi connectivity index (χ0) is 12.3. The van der Waals surface area contributed by atoms with Crippen LogP contribution in [0.25, 0.3) is 6.08 Å². The lowest BCUT2D eigenvalue weighted by Crippen LogP contribution is -1.85. The Kier molecular flexibility index (Phi) is 8.41. The quantitative estimate of drug-likeness (QED) is 0.325. The van der Waals surface area contributed by atoms with E-state index >= 15 is 0 Å². The molecule has 0 N–H and O–H groups in total. The van der Waals surface area contributed by atoms with Crippen molar-refractivity contribution >= 4 is 28.7 Å². The van der Waals surface area contributed by atoms with Crippen LogP contribution in [0.1, 0.15) is 50.2 Å². The summed E-state index contributed by atoms with van der Waals surface area (Å²) in [4.78, 5) is 0. The highest BCUT2D eigenvalue weighted by molar-refractivity contribution is 14.1. The smallest absolute Gasteiger partial charge is 0.00358 e.